The van der Waals surface area contributed by atoms with Crippen LogP contribution in [0.5, 0.6) is 0 Å². The number of rotatable bonds is 3. The molecular formula is C12H16F3N. The summed E-state index contributed by atoms with van der Waals surface area (Å²) in [5.74, 6) is 0.414. The zero-order valence-corrected chi connectivity index (χ0v) is 9.38. The van der Waals surface area contributed by atoms with Crippen molar-refractivity contribution in [3.05, 3.63) is 35.4 Å². The van der Waals surface area contributed by atoms with Crippen molar-refractivity contribution in [2.75, 3.05) is 0 Å². The van der Waals surface area contributed by atoms with Crippen LogP contribution in [0.4, 0.5) is 13.2 Å². The van der Waals surface area contributed by atoms with E-state index < -0.39 is 12.2 Å². The largest absolute Gasteiger partial charge is 0.407 e. The van der Waals surface area contributed by atoms with Gasteiger partial charge in [0.1, 0.15) is 6.04 Å². The van der Waals surface area contributed by atoms with Crippen molar-refractivity contribution in [2.45, 2.75) is 32.5 Å². The van der Waals surface area contributed by atoms with Crippen LogP contribution >= 0.6 is 0 Å². The highest BCUT2D eigenvalue weighted by Crippen LogP contribution is 2.30. The monoisotopic (exact) mass is 231 g/mol. The zero-order valence-electron chi connectivity index (χ0n) is 9.38. The maximum Gasteiger partial charge on any atom is 0.407 e. The molecule has 0 amide bonds. The van der Waals surface area contributed by atoms with Crippen molar-refractivity contribution in [1.82, 2.24) is 0 Å². The molecule has 0 saturated heterocycles. The molecule has 0 aliphatic carbocycles. The van der Waals surface area contributed by atoms with Crippen LogP contribution in [0, 0.1) is 5.92 Å². The van der Waals surface area contributed by atoms with E-state index in [1.807, 2.05) is 19.9 Å². The Morgan fingerprint density at radius 1 is 1.25 bits per heavy atom. The molecule has 90 valence electrons. The van der Waals surface area contributed by atoms with Crippen LogP contribution in [0.2, 0.25) is 0 Å². The van der Waals surface area contributed by atoms with Crippen molar-refractivity contribution in [2.24, 2.45) is 11.7 Å². The first kappa shape index (κ1) is 13.0. The fourth-order valence-corrected chi connectivity index (χ4v) is 1.57. The highest BCUT2D eigenvalue weighted by molar-refractivity contribution is 5.27. The minimum Gasteiger partial charge on any atom is -0.316 e. The summed E-state index contributed by atoms with van der Waals surface area (Å²) in [6.07, 6.45) is -3.62. The van der Waals surface area contributed by atoms with Gasteiger partial charge in [0.05, 0.1) is 0 Å². The van der Waals surface area contributed by atoms with E-state index in [1.165, 1.54) is 12.1 Å². The number of benzene rings is 1. The minimum atomic E-state index is -4.38. The molecule has 1 rings (SSSR count). The number of nitrogens with two attached hydrogens (primary N) is 1. The van der Waals surface area contributed by atoms with Crippen molar-refractivity contribution in [3.8, 4) is 0 Å². The lowest BCUT2D eigenvalue weighted by molar-refractivity contribution is -0.149. The number of halogens is 3. The Morgan fingerprint density at radius 3 is 2.38 bits per heavy atom. The SMILES string of the molecule is CC(C)Cc1cccc([C@@H](N)C(F)(F)F)c1. The van der Waals surface area contributed by atoms with Gasteiger partial charge in [-0.2, -0.15) is 13.2 Å². The summed E-state index contributed by atoms with van der Waals surface area (Å²) >= 11 is 0. The van der Waals surface area contributed by atoms with E-state index >= 15 is 0 Å². The molecule has 0 heterocycles. The molecule has 0 spiro atoms. The van der Waals surface area contributed by atoms with E-state index in [9.17, 15) is 13.2 Å². The smallest absolute Gasteiger partial charge is 0.316 e. The van der Waals surface area contributed by atoms with E-state index in [4.69, 9.17) is 5.73 Å². The lowest BCUT2D eigenvalue weighted by Crippen LogP contribution is -2.28. The van der Waals surface area contributed by atoms with Gasteiger partial charge in [0, 0.05) is 0 Å². The van der Waals surface area contributed by atoms with Gasteiger partial charge in [-0.1, -0.05) is 38.1 Å². The Bertz CT molecular complexity index is 344. The predicted molar refractivity (Wildman–Crippen MR) is 58.0 cm³/mol. The summed E-state index contributed by atoms with van der Waals surface area (Å²) in [5, 5.41) is 0. The summed E-state index contributed by atoms with van der Waals surface area (Å²) in [7, 11) is 0. The lowest BCUT2D eigenvalue weighted by Gasteiger charge is -2.17. The standard InChI is InChI=1S/C12H16F3N/c1-8(2)6-9-4-3-5-10(7-9)11(16)12(13,14)15/h3-5,7-8,11H,6,16H2,1-2H3/t11-/m1/s1. The minimum absolute atomic E-state index is 0.130. The number of hydrogen-bond donors (Lipinski definition) is 1. The zero-order chi connectivity index (χ0) is 12.3. The van der Waals surface area contributed by atoms with Crippen LogP contribution in [-0.4, -0.2) is 6.18 Å². The topological polar surface area (TPSA) is 26.0 Å². The maximum absolute atomic E-state index is 12.4. The number of alkyl halides is 3. The Labute approximate surface area is 93.5 Å². The normalized spacial score (nSPS) is 14.2. The first-order chi connectivity index (χ1) is 7.30. The molecule has 2 N–H and O–H groups in total. The molecule has 0 radical (unpaired) electrons. The molecule has 4 heteroatoms. The van der Waals surface area contributed by atoms with Crippen molar-refractivity contribution in [1.29, 1.82) is 0 Å². The third-order valence-electron chi connectivity index (χ3n) is 2.31. The molecule has 1 nitrogen and oxygen atoms in total. The van der Waals surface area contributed by atoms with Gasteiger partial charge in [0.15, 0.2) is 0 Å². The van der Waals surface area contributed by atoms with E-state index in [0.717, 1.165) is 12.0 Å². The highest BCUT2D eigenvalue weighted by Gasteiger charge is 2.37. The molecule has 0 bridgehead atoms. The van der Waals surface area contributed by atoms with Crippen LogP contribution in [-0.2, 0) is 6.42 Å². The molecule has 1 aromatic rings. The van der Waals surface area contributed by atoms with E-state index in [2.05, 4.69) is 0 Å². The van der Waals surface area contributed by atoms with Crippen LogP contribution in [0.25, 0.3) is 0 Å². The molecule has 0 fully saturated rings. The van der Waals surface area contributed by atoms with Gasteiger partial charge >= 0.3 is 6.18 Å². The van der Waals surface area contributed by atoms with Gasteiger partial charge in [-0.3, -0.25) is 0 Å². The van der Waals surface area contributed by atoms with Gasteiger partial charge in [-0.15, -0.1) is 0 Å². The highest BCUT2D eigenvalue weighted by atomic mass is 19.4. The molecule has 0 aliphatic rings. The summed E-state index contributed by atoms with van der Waals surface area (Å²) in [6, 6.07) is 4.52. The fourth-order valence-electron chi connectivity index (χ4n) is 1.57. The number of hydrogen-bond acceptors (Lipinski definition) is 1. The van der Waals surface area contributed by atoms with Crippen LogP contribution in [0.3, 0.4) is 0 Å². The van der Waals surface area contributed by atoms with Crippen LogP contribution in [0.1, 0.15) is 31.0 Å². The Kier molecular flexibility index (Phi) is 3.97. The fraction of sp³-hybridized carbons (Fsp3) is 0.500. The van der Waals surface area contributed by atoms with Crippen molar-refractivity contribution in [3.63, 3.8) is 0 Å². The molecule has 0 aliphatic heterocycles. The second-order valence-corrected chi connectivity index (χ2v) is 4.36. The van der Waals surface area contributed by atoms with Crippen LogP contribution in [0.15, 0.2) is 24.3 Å². The predicted octanol–water partition coefficient (Wildman–Crippen LogP) is 3.45. The van der Waals surface area contributed by atoms with E-state index in [1.54, 1.807) is 6.07 Å². The molecule has 16 heavy (non-hydrogen) atoms. The van der Waals surface area contributed by atoms with E-state index in [-0.39, 0.29) is 5.56 Å². The Morgan fingerprint density at radius 2 is 1.88 bits per heavy atom. The first-order valence-electron chi connectivity index (χ1n) is 5.22. The van der Waals surface area contributed by atoms with Gasteiger partial charge in [0.2, 0.25) is 0 Å². The molecule has 0 unspecified atom stereocenters. The van der Waals surface area contributed by atoms with Crippen LogP contribution < -0.4 is 5.73 Å². The third-order valence-corrected chi connectivity index (χ3v) is 2.31. The van der Waals surface area contributed by atoms with Crippen molar-refractivity contribution < 1.29 is 13.2 Å². The molecule has 1 atom stereocenters. The Hall–Kier alpha value is -1.03. The Balaban J connectivity index is 2.90. The molecular weight excluding hydrogens is 215 g/mol. The van der Waals surface area contributed by atoms with Gasteiger partial charge in [-0.05, 0) is 23.5 Å². The second-order valence-electron chi connectivity index (χ2n) is 4.36. The quantitative estimate of drug-likeness (QED) is 0.847. The van der Waals surface area contributed by atoms with Gasteiger partial charge < -0.3 is 5.73 Å². The van der Waals surface area contributed by atoms with Gasteiger partial charge in [-0.25, -0.2) is 0 Å². The molecule has 0 saturated carbocycles. The third kappa shape index (κ3) is 3.52. The average molecular weight is 231 g/mol. The second kappa shape index (κ2) is 4.87. The van der Waals surface area contributed by atoms with E-state index in [0.29, 0.717) is 5.92 Å². The first-order valence-corrected chi connectivity index (χ1v) is 5.22. The average Bonchev–Trinajstić information content (AvgIpc) is 2.14. The maximum atomic E-state index is 12.4. The van der Waals surface area contributed by atoms with Crippen molar-refractivity contribution >= 4 is 0 Å². The summed E-state index contributed by atoms with van der Waals surface area (Å²) in [6.45, 7) is 4.05. The summed E-state index contributed by atoms with van der Waals surface area (Å²) < 4.78 is 37.2. The summed E-state index contributed by atoms with van der Waals surface area (Å²) in [4.78, 5) is 0. The van der Waals surface area contributed by atoms with Gasteiger partial charge in [0.25, 0.3) is 0 Å². The molecule has 1 aromatic carbocycles. The summed E-state index contributed by atoms with van der Waals surface area (Å²) in [5.41, 5.74) is 6.17. The molecule has 0 aromatic heterocycles. The lowest BCUT2D eigenvalue weighted by atomic mass is 9.98.